The molecule has 0 saturated carbocycles. The highest BCUT2D eigenvalue weighted by molar-refractivity contribution is 7.98. The Balaban J connectivity index is 2.38. The Labute approximate surface area is 71.0 Å². The summed E-state index contributed by atoms with van der Waals surface area (Å²) in [4.78, 5) is 11.1. The second-order valence-corrected chi connectivity index (χ2v) is 3.66. The summed E-state index contributed by atoms with van der Waals surface area (Å²) in [7, 11) is 0. The fourth-order valence-corrected chi connectivity index (χ4v) is 1.59. The van der Waals surface area contributed by atoms with Crippen molar-refractivity contribution in [3.05, 3.63) is 12.3 Å². The van der Waals surface area contributed by atoms with Gasteiger partial charge in [0, 0.05) is 18.0 Å². The number of hydrogen-bond donors (Lipinski definition) is 1. The fraction of sp³-hybridized carbons (Fsp3) is 0.571. The van der Waals surface area contributed by atoms with Gasteiger partial charge in [-0.3, -0.25) is 0 Å². The van der Waals surface area contributed by atoms with Crippen LogP contribution in [0.3, 0.4) is 0 Å². The summed E-state index contributed by atoms with van der Waals surface area (Å²) >= 11 is 1.52. The van der Waals surface area contributed by atoms with E-state index in [2.05, 4.69) is 12.2 Å². The van der Waals surface area contributed by atoms with Gasteiger partial charge >= 0.3 is 6.03 Å². The predicted octanol–water partition coefficient (Wildman–Crippen LogP) is 1.58. The van der Waals surface area contributed by atoms with Crippen molar-refractivity contribution in [1.82, 2.24) is 9.62 Å². The first-order chi connectivity index (χ1) is 5.24. The lowest BCUT2D eigenvalue weighted by molar-refractivity contribution is 0.234. The van der Waals surface area contributed by atoms with E-state index in [1.165, 1.54) is 11.9 Å². The van der Waals surface area contributed by atoms with E-state index in [0.29, 0.717) is 11.8 Å². The summed E-state index contributed by atoms with van der Waals surface area (Å²) in [5.41, 5.74) is 0. The number of nitrogens with zero attached hydrogens (tertiary/aromatic N) is 1. The predicted molar refractivity (Wildman–Crippen MR) is 47.1 cm³/mol. The monoisotopic (exact) mass is 172 g/mol. The normalized spacial score (nSPS) is 22.4. The third-order valence-electron chi connectivity index (χ3n) is 1.30. The summed E-state index contributed by atoms with van der Waals surface area (Å²) in [5, 5.41) is 3.14. The molecule has 0 aromatic rings. The Morgan fingerprint density at radius 1 is 1.82 bits per heavy atom. The molecule has 1 aliphatic heterocycles. The lowest BCUT2D eigenvalue weighted by Gasteiger charge is -2.12. The zero-order chi connectivity index (χ0) is 8.27. The standard InChI is InChI=1S/C7H12N2OS/c1-3-8-7(10)9-5-4-6(2)11-9/h4-6H,3H2,1-2H3,(H,8,10). The Kier molecular flexibility index (Phi) is 2.82. The second-order valence-electron chi connectivity index (χ2n) is 2.31. The summed E-state index contributed by atoms with van der Waals surface area (Å²) in [5.74, 6) is 0. The average molecular weight is 172 g/mol. The molecule has 4 heteroatoms. The minimum atomic E-state index is -0.0295. The number of carbonyl (C=O) groups excluding carboxylic acids is 1. The van der Waals surface area contributed by atoms with Gasteiger partial charge in [-0.15, -0.1) is 0 Å². The molecule has 0 spiro atoms. The number of amides is 2. The van der Waals surface area contributed by atoms with Crippen molar-refractivity contribution in [3.63, 3.8) is 0 Å². The average Bonchev–Trinajstić information content (AvgIpc) is 2.36. The summed E-state index contributed by atoms with van der Waals surface area (Å²) in [6, 6.07) is -0.0295. The van der Waals surface area contributed by atoms with Crippen LogP contribution in [0.4, 0.5) is 4.79 Å². The molecule has 11 heavy (non-hydrogen) atoms. The van der Waals surface area contributed by atoms with Crippen molar-refractivity contribution in [2.75, 3.05) is 6.54 Å². The maximum Gasteiger partial charge on any atom is 0.331 e. The highest BCUT2D eigenvalue weighted by Crippen LogP contribution is 2.24. The molecule has 0 aliphatic carbocycles. The number of hydrogen-bond acceptors (Lipinski definition) is 2. The molecule has 2 amide bonds. The van der Waals surface area contributed by atoms with Gasteiger partial charge in [0.2, 0.25) is 0 Å². The van der Waals surface area contributed by atoms with E-state index < -0.39 is 0 Å². The van der Waals surface area contributed by atoms with Crippen LogP contribution in [0.15, 0.2) is 12.3 Å². The molecule has 1 unspecified atom stereocenters. The van der Waals surface area contributed by atoms with E-state index in [0.717, 1.165) is 0 Å². The van der Waals surface area contributed by atoms with E-state index in [-0.39, 0.29) is 6.03 Å². The van der Waals surface area contributed by atoms with Crippen LogP contribution in [0.25, 0.3) is 0 Å². The molecule has 1 atom stereocenters. The van der Waals surface area contributed by atoms with Crippen LogP contribution < -0.4 is 5.32 Å². The van der Waals surface area contributed by atoms with E-state index in [1.807, 2.05) is 13.0 Å². The molecule has 3 nitrogen and oxygen atoms in total. The van der Waals surface area contributed by atoms with Crippen molar-refractivity contribution in [1.29, 1.82) is 0 Å². The van der Waals surface area contributed by atoms with Gasteiger partial charge < -0.3 is 5.32 Å². The van der Waals surface area contributed by atoms with Crippen molar-refractivity contribution in [3.8, 4) is 0 Å². The molecule has 1 rings (SSSR count). The van der Waals surface area contributed by atoms with Crippen LogP contribution >= 0.6 is 11.9 Å². The quantitative estimate of drug-likeness (QED) is 0.609. The van der Waals surface area contributed by atoms with E-state index >= 15 is 0 Å². The molecular weight excluding hydrogens is 160 g/mol. The first kappa shape index (κ1) is 8.46. The Morgan fingerprint density at radius 3 is 3.00 bits per heavy atom. The third-order valence-corrected chi connectivity index (χ3v) is 2.30. The second kappa shape index (κ2) is 3.67. The molecular formula is C7H12N2OS. The van der Waals surface area contributed by atoms with Crippen LogP contribution in [0, 0.1) is 0 Å². The van der Waals surface area contributed by atoms with Crippen molar-refractivity contribution >= 4 is 18.0 Å². The molecule has 1 heterocycles. The van der Waals surface area contributed by atoms with Gasteiger partial charge in [-0.05, 0) is 25.8 Å². The molecule has 1 N–H and O–H groups in total. The van der Waals surface area contributed by atoms with Gasteiger partial charge in [-0.2, -0.15) is 0 Å². The summed E-state index contributed by atoms with van der Waals surface area (Å²) in [6.45, 7) is 4.64. The Bertz CT molecular complexity index is 181. The van der Waals surface area contributed by atoms with Crippen LogP contribution in [-0.2, 0) is 0 Å². The fourth-order valence-electron chi connectivity index (χ4n) is 0.793. The van der Waals surface area contributed by atoms with Gasteiger partial charge in [0.05, 0.1) is 0 Å². The zero-order valence-electron chi connectivity index (χ0n) is 6.70. The maximum atomic E-state index is 11.1. The molecule has 1 aliphatic rings. The minimum absolute atomic E-state index is 0.0295. The van der Waals surface area contributed by atoms with Gasteiger partial charge in [-0.25, -0.2) is 9.10 Å². The SMILES string of the molecule is CCNC(=O)N1C=CC(C)S1. The molecule has 62 valence electrons. The van der Waals surface area contributed by atoms with Gasteiger partial charge in [-0.1, -0.05) is 6.08 Å². The maximum absolute atomic E-state index is 11.1. The first-order valence-electron chi connectivity index (χ1n) is 3.66. The number of urea groups is 1. The Morgan fingerprint density at radius 2 is 2.55 bits per heavy atom. The number of rotatable bonds is 1. The van der Waals surface area contributed by atoms with E-state index in [9.17, 15) is 4.79 Å². The van der Waals surface area contributed by atoms with Crippen molar-refractivity contribution in [2.24, 2.45) is 0 Å². The summed E-state index contributed by atoms with van der Waals surface area (Å²) < 4.78 is 1.62. The highest BCUT2D eigenvalue weighted by atomic mass is 32.2. The van der Waals surface area contributed by atoms with E-state index in [4.69, 9.17) is 0 Å². The highest BCUT2D eigenvalue weighted by Gasteiger charge is 2.17. The number of carbonyl (C=O) groups is 1. The lowest BCUT2D eigenvalue weighted by Crippen LogP contribution is -2.31. The molecule has 0 bridgehead atoms. The van der Waals surface area contributed by atoms with Gasteiger partial charge in [0.25, 0.3) is 0 Å². The van der Waals surface area contributed by atoms with Gasteiger partial charge in [0.1, 0.15) is 0 Å². The smallest absolute Gasteiger partial charge is 0.331 e. The van der Waals surface area contributed by atoms with Gasteiger partial charge in [0.15, 0.2) is 0 Å². The topological polar surface area (TPSA) is 32.3 Å². The van der Waals surface area contributed by atoms with Crippen LogP contribution in [0.5, 0.6) is 0 Å². The Hall–Kier alpha value is -0.640. The molecule has 0 saturated heterocycles. The molecule has 0 fully saturated rings. The van der Waals surface area contributed by atoms with Crippen molar-refractivity contribution in [2.45, 2.75) is 19.1 Å². The van der Waals surface area contributed by atoms with Crippen LogP contribution in [-0.4, -0.2) is 22.1 Å². The molecule has 0 aromatic heterocycles. The minimum Gasteiger partial charge on any atom is -0.337 e. The first-order valence-corrected chi connectivity index (χ1v) is 4.50. The van der Waals surface area contributed by atoms with Crippen molar-refractivity contribution < 1.29 is 4.79 Å². The zero-order valence-corrected chi connectivity index (χ0v) is 7.52. The lowest BCUT2D eigenvalue weighted by atomic mass is 10.5. The van der Waals surface area contributed by atoms with Crippen LogP contribution in [0.2, 0.25) is 0 Å². The van der Waals surface area contributed by atoms with Crippen LogP contribution in [0.1, 0.15) is 13.8 Å². The third kappa shape index (κ3) is 2.15. The molecule has 0 aromatic carbocycles. The van der Waals surface area contributed by atoms with E-state index in [1.54, 1.807) is 10.5 Å². The largest absolute Gasteiger partial charge is 0.337 e. The summed E-state index contributed by atoms with van der Waals surface area (Å²) in [6.07, 6.45) is 3.81. The number of nitrogens with one attached hydrogen (secondary N) is 1. The molecule has 0 radical (unpaired) electrons.